The molecule has 0 atom stereocenters. The minimum absolute atomic E-state index is 0.0261. The van der Waals surface area contributed by atoms with Gasteiger partial charge in [-0.25, -0.2) is 4.98 Å². The van der Waals surface area contributed by atoms with Gasteiger partial charge >= 0.3 is 0 Å². The Balaban J connectivity index is 2.09. The van der Waals surface area contributed by atoms with Crippen LogP contribution < -0.4 is 10.6 Å². The minimum Gasteiger partial charge on any atom is -0.373 e. The van der Waals surface area contributed by atoms with E-state index in [9.17, 15) is 4.79 Å². The number of aromatic nitrogens is 1. The van der Waals surface area contributed by atoms with Crippen LogP contribution in [0.4, 0.5) is 5.82 Å². The van der Waals surface area contributed by atoms with Gasteiger partial charge in [-0.2, -0.15) is 11.8 Å². The lowest BCUT2D eigenvalue weighted by atomic mass is 10.1. The van der Waals surface area contributed by atoms with Crippen LogP contribution in [0, 0.1) is 0 Å². The molecule has 1 aromatic rings. The Morgan fingerprint density at radius 2 is 2.15 bits per heavy atom. The van der Waals surface area contributed by atoms with Crippen LogP contribution in [0.1, 0.15) is 42.2 Å². The maximum Gasteiger partial charge on any atom is 0.251 e. The third-order valence-corrected chi connectivity index (χ3v) is 4.51. The molecular weight excluding hydrogens is 270 g/mol. The standard InChI is InChI=1S/C15H23N3OS/c1-3-4-13-9-11(10-14(16-2)17-13)15(19)18-12-5-7-20-8-6-12/h9-10,12H,3-8H2,1-2H3,(H,16,17)(H,18,19). The van der Waals surface area contributed by atoms with Crippen LogP contribution in [0.3, 0.4) is 0 Å². The average molecular weight is 293 g/mol. The number of aryl methyl sites for hydroxylation is 1. The number of carbonyl (C=O) groups is 1. The highest BCUT2D eigenvalue weighted by Gasteiger charge is 2.17. The molecule has 4 nitrogen and oxygen atoms in total. The van der Waals surface area contributed by atoms with Gasteiger partial charge < -0.3 is 10.6 Å². The third kappa shape index (κ3) is 4.13. The number of anilines is 1. The zero-order chi connectivity index (χ0) is 14.4. The van der Waals surface area contributed by atoms with Gasteiger partial charge in [0.25, 0.3) is 5.91 Å². The predicted molar refractivity (Wildman–Crippen MR) is 85.6 cm³/mol. The lowest BCUT2D eigenvalue weighted by Gasteiger charge is -2.22. The molecule has 2 heterocycles. The summed E-state index contributed by atoms with van der Waals surface area (Å²) in [6.07, 6.45) is 4.07. The monoisotopic (exact) mass is 293 g/mol. The van der Waals surface area contributed by atoms with Crippen molar-refractivity contribution in [3.63, 3.8) is 0 Å². The lowest BCUT2D eigenvalue weighted by Crippen LogP contribution is -2.37. The van der Waals surface area contributed by atoms with Crippen LogP contribution in [-0.2, 0) is 6.42 Å². The van der Waals surface area contributed by atoms with Crippen molar-refractivity contribution >= 4 is 23.5 Å². The molecule has 2 rings (SSSR count). The predicted octanol–water partition coefficient (Wildman–Crippen LogP) is 2.70. The Kier molecular flexibility index (Phi) is 5.71. The number of amides is 1. The van der Waals surface area contributed by atoms with Gasteiger partial charge in [0, 0.05) is 24.3 Å². The zero-order valence-electron chi connectivity index (χ0n) is 12.2. The van der Waals surface area contributed by atoms with Crippen LogP contribution in [-0.4, -0.2) is 35.5 Å². The first-order chi connectivity index (χ1) is 9.72. The minimum atomic E-state index is 0.0261. The fourth-order valence-electron chi connectivity index (χ4n) is 2.34. The molecule has 0 spiro atoms. The van der Waals surface area contributed by atoms with Gasteiger partial charge in [0.15, 0.2) is 0 Å². The van der Waals surface area contributed by atoms with Gasteiger partial charge in [0.2, 0.25) is 0 Å². The molecule has 1 aliphatic heterocycles. The fraction of sp³-hybridized carbons (Fsp3) is 0.600. The number of hydrogen-bond acceptors (Lipinski definition) is 4. The van der Waals surface area contributed by atoms with Gasteiger partial charge in [-0.3, -0.25) is 4.79 Å². The highest BCUT2D eigenvalue weighted by Crippen LogP contribution is 2.18. The Morgan fingerprint density at radius 1 is 1.40 bits per heavy atom. The Hall–Kier alpha value is -1.23. The normalized spacial score (nSPS) is 15.9. The summed E-state index contributed by atoms with van der Waals surface area (Å²) in [5, 5.41) is 6.18. The maximum absolute atomic E-state index is 12.4. The molecule has 0 aromatic carbocycles. The molecule has 1 fully saturated rings. The van der Waals surface area contributed by atoms with Gasteiger partial charge in [-0.15, -0.1) is 0 Å². The van der Waals surface area contributed by atoms with E-state index in [1.807, 2.05) is 30.9 Å². The number of carbonyl (C=O) groups excluding carboxylic acids is 1. The first-order valence-electron chi connectivity index (χ1n) is 7.30. The Bertz CT molecular complexity index is 458. The quantitative estimate of drug-likeness (QED) is 0.876. The van der Waals surface area contributed by atoms with E-state index in [-0.39, 0.29) is 5.91 Å². The summed E-state index contributed by atoms with van der Waals surface area (Å²) < 4.78 is 0. The molecule has 1 saturated heterocycles. The summed E-state index contributed by atoms with van der Waals surface area (Å²) in [5.74, 6) is 3.08. The topological polar surface area (TPSA) is 54.0 Å². The molecule has 1 amide bonds. The smallest absolute Gasteiger partial charge is 0.251 e. The summed E-state index contributed by atoms with van der Waals surface area (Å²) in [5.41, 5.74) is 1.69. The van der Waals surface area contributed by atoms with Crippen molar-refractivity contribution in [2.24, 2.45) is 0 Å². The van der Waals surface area contributed by atoms with E-state index in [0.717, 1.165) is 48.7 Å². The second kappa shape index (κ2) is 7.53. The van der Waals surface area contributed by atoms with Crippen LogP contribution in [0.25, 0.3) is 0 Å². The van der Waals surface area contributed by atoms with Crippen molar-refractivity contribution in [2.75, 3.05) is 23.9 Å². The van der Waals surface area contributed by atoms with Crippen molar-refractivity contribution < 1.29 is 4.79 Å². The SMILES string of the molecule is CCCc1cc(C(=O)NC2CCSCC2)cc(NC)n1. The maximum atomic E-state index is 12.4. The van der Waals surface area contributed by atoms with Gasteiger partial charge in [0.05, 0.1) is 0 Å². The molecule has 0 unspecified atom stereocenters. The van der Waals surface area contributed by atoms with E-state index in [2.05, 4.69) is 22.5 Å². The Morgan fingerprint density at radius 3 is 2.80 bits per heavy atom. The molecule has 5 heteroatoms. The molecule has 0 saturated carbocycles. The highest BCUT2D eigenvalue weighted by molar-refractivity contribution is 7.99. The molecule has 1 aromatic heterocycles. The van der Waals surface area contributed by atoms with E-state index in [0.29, 0.717) is 11.6 Å². The Labute approximate surface area is 125 Å². The van der Waals surface area contributed by atoms with E-state index in [1.54, 1.807) is 0 Å². The van der Waals surface area contributed by atoms with Crippen molar-refractivity contribution in [3.8, 4) is 0 Å². The van der Waals surface area contributed by atoms with Crippen molar-refractivity contribution in [2.45, 2.75) is 38.6 Å². The van der Waals surface area contributed by atoms with E-state index < -0.39 is 0 Å². The van der Waals surface area contributed by atoms with Crippen LogP contribution in [0.2, 0.25) is 0 Å². The number of thioether (sulfide) groups is 1. The number of nitrogens with one attached hydrogen (secondary N) is 2. The van der Waals surface area contributed by atoms with E-state index >= 15 is 0 Å². The zero-order valence-corrected chi connectivity index (χ0v) is 13.1. The molecule has 110 valence electrons. The summed E-state index contributed by atoms with van der Waals surface area (Å²) in [6.45, 7) is 2.12. The second-order valence-electron chi connectivity index (χ2n) is 5.09. The van der Waals surface area contributed by atoms with E-state index in [1.165, 1.54) is 0 Å². The highest BCUT2D eigenvalue weighted by atomic mass is 32.2. The summed E-state index contributed by atoms with van der Waals surface area (Å²) in [7, 11) is 1.83. The van der Waals surface area contributed by atoms with Gasteiger partial charge in [-0.05, 0) is 42.9 Å². The molecule has 0 bridgehead atoms. The third-order valence-electron chi connectivity index (χ3n) is 3.46. The molecular formula is C15H23N3OS. The molecule has 0 radical (unpaired) electrons. The lowest BCUT2D eigenvalue weighted by molar-refractivity contribution is 0.0934. The number of rotatable bonds is 5. The van der Waals surface area contributed by atoms with Crippen molar-refractivity contribution in [1.82, 2.24) is 10.3 Å². The van der Waals surface area contributed by atoms with E-state index in [4.69, 9.17) is 0 Å². The molecule has 1 aliphatic rings. The molecule has 20 heavy (non-hydrogen) atoms. The van der Waals surface area contributed by atoms with Crippen molar-refractivity contribution in [1.29, 1.82) is 0 Å². The summed E-state index contributed by atoms with van der Waals surface area (Å²) in [6, 6.07) is 4.06. The largest absolute Gasteiger partial charge is 0.373 e. The first kappa shape index (κ1) is 15.2. The number of hydrogen-bond donors (Lipinski definition) is 2. The van der Waals surface area contributed by atoms with Crippen LogP contribution >= 0.6 is 11.8 Å². The fourth-order valence-corrected chi connectivity index (χ4v) is 3.45. The van der Waals surface area contributed by atoms with Crippen LogP contribution in [0.15, 0.2) is 12.1 Å². The van der Waals surface area contributed by atoms with Gasteiger partial charge in [-0.1, -0.05) is 13.3 Å². The molecule has 0 aliphatic carbocycles. The average Bonchev–Trinajstić information content (AvgIpc) is 2.48. The van der Waals surface area contributed by atoms with Gasteiger partial charge in [0.1, 0.15) is 5.82 Å². The van der Waals surface area contributed by atoms with Crippen molar-refractivity contribution in [3.05, 3.63) is 23.4 Å². The number of pyridine rings is 1. The van der Waals surface area contributed by atoms with Crippen LogP contribution in [0.5, 0.6) is 0 Å². The first-order valence-corrected chi connectivity index (χ1v) is 8.45. The summed E-state index contributed by atoms with van der Waals surface area (Å²) >= 11 is 1.97. The second-order valence-corrected chi connectivity index (χ2v) is 6.32. The summed E-state index contributed by atoms with van der Waals surface area (Å²) in [4.78, 5) is 16.8. The molecule has 2 N–H and O–H groups in total. The number of nitrogens with zero attached hydrogens (tertiary/aromatic N) is 1.